The number of hydrogen-bond donors (Lipinski definition) is 0. The molecule has 0 atom stereocenters. The molecule has 0 aliphatic heterocycles. The van der Waals surface area contributed by atoms with Gasteiger partial charge in [-0.15, -0.1) is 0 Å². The Morgan fingerprint density at radius 1 is 0.692 bits per heavy atom. The van der Waals surface area contributed by atoms with Gasteiger partial charge in [0, 0.05) is 24.8 Å². The lowest BCUT2D eigenvalue weighted by atomic mass is 10.1. The molecule has 3 rings (SSSR count). The van der Waals surface area contributed by atoms with E-state index < -0.39 is 0 Å². The summed E-state index contributed by atoms with van der Waals surface area (Å²) in [5.41, 5.74) is 3.60. The fraction of sp³-hybridized carbons (Fsp3) is 0. The highest BCUT2D eigenvalue weighted by molar-refractivity contribution is 5.89. The highest BCUT2D eigenvalue weighted by Gasteiger charge is 2.04. The molecule has 0 bridgehead atoms. The third-order valence-corrected chi connectivity index (χ3v) is 3.48. The Labute approximate surface area is 150 Å². The van der Waals surface area contributed by atoms with E-state index in [0.717, 1.165) is 11.1 Å². The minimum atomic E-state index is 0.429. The summed E-state index contributed by atoms with van der Waals surface area (Å²) < 4.78 is 0. The van der Waals surface area contributed by atoms with Gasteiger partial charge in [0.05, 0.1) is 34.9 Å². The summed E-state index contributed by atoms with van der Waals surface area (Å²) in [6.07, 6.45) is 12.8. The van der Waals surface area contributed by atoms with Crippen LogP contribution in [0.3, 0.4) is 0 Å². The molecule has 0 spiro atoms. The lowest BCUT2D eigenvalue weighted by molar-refractivity contribution is 1.17. The molecule has 2 aromatic heterocycles. The average Bonchev–Trinajstić information content (AvgIpc) is 2.72. The van der Waals surface area contributed by atoms with Gasteiger partial charge < -0.3 is 0 Å². The molecule has 0 saturated carbocycles. The number of allylic oxidation sites excluding steroid dienone is 2. The molecule has 0 fully saturated rings. The van der Waals surface area contributed by atoms with Gasteiger partial charge in [0.2, 0.25) is 0 Å². The van der Waals surface area contributed by atoms with E-state index in [1.807, 2.05) is 24.3 Å². The zero-order valence-corrected chi connectivity index (χ0v) is 13.6. The van der Waals surface area contributed by atoms with E-state index in [1.54, 1.807) is 49.3 Å². The fourth-order valence-corrected chi connectivity index (χ4v) is 2.23. The van der Waals surface area contributed by atoms with E-state index in [1.165, 1.54) is 0 Å². The second-order valence-electron chi connectivity index (χ2n) is 5.19. The SMILES string of the molecule is N#C/C(=C\c1ccc(/C=C(/C#N)c2cnccn2)cc1)c1cnccn1. The quantitative estimate of drug-likeness (QED) is 0.677. The molecule has 0 unspecified atom stereocenters. The molecule has 6 heteroatoms. The van der Waals surface area contributed by atoms with Crippen LogP contribution in [0.2, 0.25) is 0 Å². The van der Waals surface area contributed by atoms with Gasteiger partial charge in [0.25, 0.3) is 0 Å². The summed E-state index contributed by atoms with van der Waals surface area (Å²) in [5.74, 6) is 0. The van der Waals surface area contributed by atoms with Crippen molar-refractivity contribution in [2.24, 2.45) is 0 Å². The van der Waals surface area contributed by atoms with E-state index in [-0.39, 0.29) is 0 Å². The van der Waals surface area contributed by atoms with Crippen LogP contribution >= 0.6 is 0 Å². The van der Waals surface area contributed by atoms with Crippen molar-refractivity contribution in [1.29, 1.82) is 10.5 Å². The van der Waals surface area contributed by atoms with Crippen LogP contribution in [-0.2, 0) is 0 Å². The molecule has 2 heterocycles. The highest BCUT2D eigenvalue weighted by Crippen LogP contribution is 2.18. The lowest BCUT2D eigenvalue weighted by Gasteiger charge is -2.01. The largest absolute Gasteiger partial charge is 0.261 e. The van der Waals surface area contributed by atoms with Crippen molar-refractivity contribution < 1.29 is 0 Å². The molecule has 3 aromatic rings. The maximum atomic E-state index is 9.33. The number of rotatable bonds is 4. The van der Waals surface area contributed by atoms with Gasteiger partial charge >= 0.3 is 0 Å². The first-order valence-electron chi connectivity index (χ1n) is 7.66. The second-order valence-corrected chi connectivity index (χ2v) is 5.19. The monoisotopic (exact) mass is 336 g/mol. The van der Waals surface area contributed by atoms with Crippen LogP contribution < -0.4 is 0 Å². The maximum Gasteiger partial charge on any atom is 0.101 e. The summed E-state index contributed by atoms with van der Waals surface area (Å²) in [5, 5.41) is 18.7. The summed E-state index contributed by atoms with van der Waals surface area (Å²) in [6, 6.07) is 11.7. The summed E-state index contributed by atoms with van der Waals surface area (Å²) in [6.45, 7) is 0. The van der Waals surface area contributed by atoms with Crippen molar-refractivity contribution in [1.82, 2.24) is 19.9 Å². The molecule has 26 heavy (non-hydrogen) atoms. The predicted molar refractivity (Wildman–Crippen MR) is 97.5 cm³/mol. The summed E-state index contributed by atoms with van der Waals surface area (Å²) >= 11 is 0. The van der Waals surface area contributed by atoms with E-state index in [4.69, 9.17) is 0 Å². The zero-order valence-electron chi connectivity index (χ0n) is 13.6. The third kappa shape index (κ3) is 4.02. The van der Waals surface area contributed by atoms with E-state index >= 15 is 0 Å². The summed E-state index contributed by atoms with van der Waals surface area (Å²) in [4.78, 5) is 16.2. The number of nitriles is 2. The van der Waals surface area contributed by atoms with Crippen molar-refractivity contribution in [3.05, 3.63) is 84.0 Å². The first-order valence-corrected chi connectivity index (χ1v) is 7.66. The molecule has 0 aliphatic rings. The Morgan fingerprint density at radius 2 is 1.12 bits per heavy atom. The number of nitrogens with zero attached hydrogens (tertiary/aromatic N) is 6. The molecular weight excluding hydrogens is 324 g/mol. The van der Waals surface area contributed by atoms with E-state index in [9.17, 15) is 10.5 Å². The van der Waals surface area contributed by atoms with Crippen LogP contribution in [0.5, 0.6) is 0 Å². The van der Waals surface area contributed by atoms with Crippen molar-refractivity contribution in [2.75, 3.05) is 0 Å². The second kappa shape index (κ2) is 8.09. The van der Waals surface area contributed by atoms with Crippen LogP contribution in [0.15, 0.2) is 61.4 Å². The topological polar surface area (TPSA) is 99.1 Å². The number of hydrogen-bond acceptors (Lipinski definition) is 6. The molecule has 0 radical (unpaired) electrons. The smallest absolute Gasteiger partial charge is 0.101 e. The van der Waals surface area contributed by atoms with Gasteiger partial charge in [0.15, 0.2) is 0 Å². The molecule has 1 aromatic carbocycles. The summed E-state index contributed by atoms with van der Waals surface area (Å²) in [7, 11) is 0. The molecule has 122 valence electrons. The van der Waals surface area contributed by atoms with Gasteiger partial charge in [-0.2, -0.15) is 10.5 Å². The minimum absolute atomic E-state index is 0.429. The normalized spacial score (nSPS) is 11.5. The molecular formula is C20H12N6. The third-order valence-electron chi connectivity index (χ3n) is 3.48. The van der Waals surface area contributed by atoms with Crippen molar-refractivity contribution >= 4 is 23.3 Å². The Balaban J connectivity index is 1.87. The average molecular weight is 336 g/mol. The predicted octanol–water partition coefficient (Wildman–Crippen LogP) is 3.39. The fourth-order valence-electron chi connectivity index (χ4n) is 2.23. The minimum Gasteiger partial charge on any atom is -0.261 e. The van der Waals surface area contributed by atoms with Crippen LogP contribution in [0.4, 0.5) is 0 Å². The van der Waals surface area contributed by atoms with Crippen LogP contribution in [-0.4, -0.2) is 19.9 Å². The maximum absolute atomic E-state index is 9.33. The van der Waals surface area contributed by atoms with E-state index in [0.29, 0.717) is 22.5 Å². The van der Waals surface area contributed by atoms with Gasteiger partial charge in [-0.05, 0) is 23.3 Å². The van der Waals surface area contributed by atoms with Gasteiger partial charge in [-0.1, -0.05) is 24.3 Å². The first kappa shape index (κ1) is 16.7. The lowest BCUT2D eigenvalue weighted by Crippen LogP contribution is -1.89. The van der Waals surface area contributed by atoms with Gasteiger partial charge in [0.1, 0.15) is 12.1 Å². The van der Waals surface area contributed by atoms with Crippen molar-refractivity contribution in [2.45, 2.75) is 0 Å². The van der Waals surface area contributed by atoms with Gasteiger partial charge in [-0.3, -0.25) is 19.9 Å². The number of benzene rings is 1. The Hall–Kier alpha value is -4.16. The Bertz CT molecular complexity index is 937. The molecule has 0 aliphatic carbocycles. The van der Waals surface area contributed by atoms with Crippen LogP contribution in [0, 0.1) is 22.7 Å². The molecule has 0 saturated heterocycles. The first-order chi connectivity index (χ1) is 12.8. The van der Waals surface area contributed by atoms with E-state index in [2.05, 4.69) is 32.1 Å². The Kier molecular flexibility index (Phi) is 5.19. The molecule has 0 amide bonds. The molecule has 0 N–H and O–H groups in total. The standard InChI is InChI=1S/C20H12N6/c21-11-17(19-13-23-5-7-25-19)9-15-1-2-16(4-3-15)10-18(12-22)20-14-24-6-8-26-20/h1-10,13-14H/b17-9-,18-10+. The Morgan fingerprint density at radius 3 is 1.42 bits per heavy atom. The van der Waals surface area contributed by atoms with Crippen LogP contribution in [0.1, 0.15) is 22.5 Å². The molecule has 6 nitrogen and oxygen atoms in total. The zero-order chi connectivity index (χ0) is 18.2. The highest BCUT2D eigenvalue weighted by atomic mass is 14.8. The van der Waals surface area contributed by atoms with Crippen molar-refractivity contribution in [3.8, 4) is 12.1 Å². The number of aromatic nitrogens is 4. The van der Waals surface area contributed by atoms with Crippen molar-refractivity contribution in [3.63, 3.8) is 0 Å². The van der Waals surface area contributed by atoms with Crippen LogP contribution in [0.25, 0.3) is 23.3 Å². The van der Waals surface area contributed by atoms with Gasteiger partial charge in [-0.25, -0.2) is 0 Å².